The molecule has 0 spiro atoms. The van der Waals surface area contributed by atoms with Crippen LogP contribution in [0.15, 0.2) is 36.4 Å². The number of benzene rings is 2. The van der Waals surface area contributed by atoms with Crippen LogP contribution >= 0.6 is 0 Å². The van der Waals surface area contributed by atoms with Crippen molar-refractivity contribution in [3.05, 3.63) is 42.0 Å². The molecule has 0 aliphatic carbocycles. The number of aliphatic hydroxyl groups is 1. The fraction of sp³-hybridized carbons (Fsp3) is 0.214. The predicted octanol–water partition coefficient (Wildman–Crippen LogP) is 2.80. The molecule has 1 unspecified atom stereocenters. The SMILES string of the molecule is COc1ccc2ccccc2c1C(O)CC#N. The average Bonchev–Trinajstić information content (AvgIpc) is 2.37. The summed E-state index contributed by atoms with van der Waals surface area (Å²) in [7, 11) is 1.56. The van der Waals surface area contributed by atoms with Gasteiger partial charge in [0, 0.05) is 5.56 Å². The quantitative estimate of drug-likeness (QED) is 0.877. The molecular weight excluding hydrogens is 214 g/mol. The molecule has 0 aliphatic rings. The monoisotopic (exact) mass is 227 g/mol. The van der Waals surface area contributed by atoms with Gasteiger partial charge in [0.15, 0.2) is 0 Å². The van der Waals surface area contributed by atoms with E-state index in [0.29, 0.717) is 11.3 Å². The Morgan fingerprint density at radius 1 is 1.29 bits per heavy atom. The number of aliphatic hydroxyl groups excluding tert-OH is 1. The second-order valence-corrected chi connectivity index (χ2v) is 3.78. The third-order valence-electron chi connectivity index (χ3n) is 2.77. The molecule has 0 saturated carbocycles. The molecule has 0 fully saturated rings. The number of hydrogen-bond donors (Lipinski definition) is 1. The largest absolute Gasteiger partial charge is 0.496 e. The molecule has 1 atom stereocenters. The second-order valence-electron chi connectivity index (χ2n) is 3.78. The Morgan fingerprint density at radius 3 is 2.76 bits per heavy atom. The Morgan fingerprint density at radius 2 is 2.06 bits per heavy atom. The van der Waals surface area contributed by atoms with Crippen molar-refractivity contribution < 1.29 is 9.84 Å². The van der Waals surface area contributed by atoms with Crippen LogP contribution in [0.3, 0.4) is 0 Å². The fourth-order valence-corrected chi connectivity index (χ4v) is 1.99. The first kappa shape index (κ1) is 11.4. The van der Waals surface area contributed by atoms with E-state index in [1.165, 1.54) is 0 Å². The molecule has 2 aromatic rings. The summed E-state index contributed by atoms with van der Waals surface area (Å²) in [5, 5.41) is 20.7. The van der Waals surface area contributed by atoms with E-state index < -0.39 is 6.10 Å². The number of fused-ring (bicyclic) bond motifs is 1. The molecule has 0 bridgehead atoms. The van der Waals surface area contributed by atoms with Gasteiger partial charge in [-0.15, -0.1) is 0 Å². The van der Waals surface area contributed by atoms with Crippen LogP contribution in [0, 0.1) is 11.3 Å². The van der Waals surface area contributed by atoms with Crippen molar-refractivity contribution in [2.24, 2.45) is 0 Å². The molecule has 0 heterocycles. The highest BCUT2D eigenvalue weighted by molar-refractivity contribution is 5.88. The highest BCUT2D eigenvalue weighted by atomic mass is 16.5. The minimum absolute atomic E-state index is 0.0599. The van der Waals surface area contributed by atoms with Gasteiger partial charge in [-0.25, -0.2) is 0 Å². The van der Waals surface area contributed by atoms with Crippen LogP contribution < -0.4 is 4.74 Å². The van der Waals surface area contributed by atoms with E-state index in [-0.39, 0.29) is 6.42 Å². The van der Waals surface area contributed by atoms with Gasteiger partial charge in [-0.3, -0.25) is 0 Å². The summed E-state index contributed by atoms with van der Waals surface area (Å²) >= 11 is 0. The van der Waals surface area contributed by atoms with Gasteiger partial charge in [0.05, 0.1) is 25.7 Å². The molecule has 3 nitrogen and oxygen atoms in total. The fourth-order valence-electron chi connectivity index (χ4n) is 1.99. The van der Waals surface area contributed by atoms with Crippen LogP contribution in [-0.2, 0) is 0 Å². The van der Waals surface area contributed by atoms with Crippen molar-refractivity contribution in [2.45, 2.75) is 12.5 Å². The van der Waals surface area contributed by atoms with Crippen molar-refractivity contribution in [3.8, 4) is 11.8 Å². The van der Waals surface area contributed by atoms with Gasteiger partial charge < -0.3 is 9.84 Å². The van der Waals surface area contributed by atoms with Gasteiger partial charge >= 0.3 is 0 Å². The van der Waals surface area contributed by atoms with E-state index in [9.17, 15) is 5.11 Å². The summed E-state index contributed by atoms with van der Waals surface area (Å²) in [5.41, 5.74) is 0.687. The number of nitrogens with zero attached hydrogens (tertiary/aromatic N) is 1. The summed E-state index contributed by atoms with van der Waals surface area (Å²) in [4.78, 5) is 0. The number of rotatable bonds is 3. The van der Waals surface area contributed by atoms with E-state index in [1.54, 1.807) is 7.11 Å². The van der Waals surface area contributed by atoms with Crippen molar-refractivity contribution in [1.29, 1.82) is 5.26 Å². The lowest BCUT2D eigenvalue weighted by atomic mass is 9.98. The molecule has 0 amide bonds. The molecule has 0 aromatic heterocycles. The Hall–Kier alpha value is -2.05. The van der Waals surface area contributed by atoms with E-state index in [1.807, 2.05) is 42.5 Å². The summed E-state index contributed by atoms with van der Waals surface area (Å²) in [6.45, 7) is 0. The first-order valence-corrected chi connectivity index (χ1v) is 5.38. The molecule has 86 valence electrons. The minimum atomic E-state index is -0.818. The summed E-state index contributed by atoms with van der Waals surface area (Å²) in [6.07, 6.45) is -0.759. The number of hydrogen-bond acceptors (Lipinski definition) is 3. The van der Waals surface area contributed by atoms with Crippen LogP contribution in [0.5, 0.6) is 5.75 Å². The molecule has 0 aliphatic heterocycles. The Labute approximate surface area is 99.9 Å². The van der Waals surface area contributed by atoms with Gasteiger partial charge in [-0.2, -0.15) is 5.26 Å². The molecule has 2 rings (SSSR count). The zero-order valence-corrected chi connectivity index (χ0v) is 9.55. The lowest BCUT2D eigenvalue weighted by Gasteiger charge is -2.15. The lowest BCUT2D eigenvalue weighted by Crippen LogP contribution is -2.01. The van der Waals surface area contributed by atoms with Gasteiger partial charge in [-0.1, -0.05) is 30.3 Å². The summed E-state index contributed by atoms with van der Waals surface area (Å²) < 4.78 is 5.25. The summed E-state index contributed by atoms with van der Waals surface area (Å²) in [6, 6.07) is 13.5. The third-order valence-corrected chi connectivity index (χ3v) is 2.77. The zero-order valence-electron chi connectivity index (χ0n) is 9.55. The molecule has 3 heteroatoms. The van der Waals surface area contributed by atoms with Crippen LogP contribution in [0.4, 0.5) is 0 Å². The maximum Gasteiger partial charge on any atom is 0.125 e. The normalized spacial score (nSPS) is 12.1. The van der Waals surface area contributed by atoms with E-state index in [0.717, 1.165) is 10.8 Å². The van der Waals surface area contributed by atoms with Crippen LogP contribution in [0.1, 0.15) is 18.1 Å². The first-order chi connectivity index (χ1) is 8.27. The van der Waals surface area contributed by atoms with Crippen LogP contribution in [-0.4, -0.2) is 12.2 Å². The van der Waals surface area contributed by atoms with Crippen molar-refractivity contribution in [1.82, 2.24) is 0 Å². The van der Waals surface area contributed by atoms with E-state index >= 15 is 0 Å². The number of methoxy groups -OCH3 is 1. The first-order valence-electron chi connectivity index (χ1n) is 5.38. The third kappa shape index (κ3) is 2.08. The molecule has 1 N–H and O–H groups in total. The Kier molecular flexibility index (Phi) is 3.27. The second kappa shape index (κ2) is 4.86. The highest BCUT2D eigenvalue weighted by Crippen LogP contribution is 2.34. The highest BCUT2D eigenvalue weighted by Gasteiger charge is 2.16. The smallest absolute Gasteiger partial charge is 0.125 e. The van der Waals surface area contributed by atoms with Crippen LogP contribution in [0.2, 0.25) is 0 Å². The molecule has 0 saturated heterocycles. The van der Waals surface area contributed by atoms with Crippen molar-refractivity contribution in [2.75, 3.05) is 7.11 Å². The average molecular weight is 227 g/mol. The van der Waals surface area contributed by atoms with Gasteiger partial charge in [0.1, 0.15) is 5.75 Å². The van der Waals surface area contributed by atoms with Gasteiger partial charge in [0.2, 0.25) is 0 Å². The molecule has 0 radical (unpaired) electrons. The standard InChI is InChI=1S/C14H13NO2/c1-17-13-7-6-10-4-2-3-5-11(10)14(13)12(16)8-9-15/h2-7,12,16H,8H2,1H3. The summed E-state index contributed by atoms with van der Waals surface area (Å²) in [5.74, 6) is 0.617. The Bertz CT molecular complexity index is 572. The lowest BCUT2D eigenvalue weighted by molar-refractivity contribution is 0.180. The molecule has 2 aromatic carbocycles. The number of nitriles is 1. The predicted molar refractivity (Wildman–Crippen MR) is 65.7 cm³/mol. The van der Waals surface area contributed by atoms with E-state index in [4.69, 9.17) is 10.00 Å². The molecular formula is C14H13NO2. The maximum atomic E-state index is 10.0. The Balaban J connectivity index is 2.67. The van der Waals surface area contributed by atoms with Crippen molar-refractivity contribution in [3.63, 3.8) is 0 Å². The molecule has 17 heavy (non-hydrogen) atoms. The maximum absolute atomic E-state index is 10.0. The van der Waals surface area contributed by atoms with E-state index in [2.05, 4.69) is 0 Å². The van der Waals surface area contributed by atoms with Crippen molar-refractivity contribution >= 4 is 10.8 Å². The topological polar surface area (TPSA) is 53.2 Å². The van der Waals surface area contributed by atoms with Crippen LogP contribution in [0.25, 0.3) is 10.8 Å². The number of ether oxygens (including phenoxy) is 1. The van der Waals surface area contributed by atoms with Gasteiger partial charge in [-0.05, 0) is 16.8 Å². The van der Waals surface area contributed by atoms with Gasteiger partial charge in [0.25, 0.3) is 0 Å². The minimum Gasteiger partial charge on any atom is -0.496 e. The zero-order chi connectivity index (χ0) is 12.3.